The Balaban J connectivity index is 2.22. The first-order valence-corrected chi connectivity index (χ1v) is 7.25. The SMILES string of the molecule is CNCCN1C(=O)[C@@H](C)S[C@@H]1c1cccc(C)c1. The summed E-state index contributed by atoms with van der Waals surface area (Å²) in [6, 6.07) is 8.44. The lowest BCUT2D eigenvalue weighted by atomic mass is 10.1. The molecule has 0 saturated carbocycles. The number of nitrogens with one attached hydrogen (secondary N) is 1. The van der Waals surface area contributed by atoms with Crippen LogP contribution in [0.2, 0.25) is 0 Å². The van der Waals surface area contributed by atoms with Crippen molar-refractivity contribution in [3.63, 3.8) is 0 Å². The van der Waals surface area contributed by atoms with Crippen molar-refractivity contribution in [3.05, 3.63) is 35.4 Å². The van der Waals surface area contributed by atoms with E-state index in [1.54, 1.807) is 11.8 Å². The van der Waals surface area contributed by atoms with Gasteiger partial charge in [0, 0.05) is 13.1 Å². The fourth-order valence-corrected chi connectivity index (χ4v) is 3.51. The molecule has 98 valence electrons. The molecule has 1 saturated heterocycles. The molecule has 1 N–H and O–H groups in total. The van der Waals surface area contributed by atoms with Crippen molar-refractivity contribution in [2.75, 3.05) is 20.1 Å². The summed E-state index contributed by atoms with van der Waals surface area (Å²) in [5.41, 5.74) is 2.47. The van der Waals surface area contributed by atoms with Gasteiger partial charge in [0.2, 0.25) is 5.91 Å². The minimum absolute atomic E-state index is 0.0624. The van der Waals surface area contributed by atoms with Gasteiger partial charge in [-0.25, -0.2) is 0 Å². The maximum Gasteiger partial charge on any atom is 0.236 e. The van der Waals surface area contributed by atoms with Crippen LogP contribution in [0.25, 0.3) is 0 Å². The van der Waals surface area contributed by atoms with Crippen LogP contribution in [0.3, 0.4) is 0 Å². The van der Waals surface area contributed by atoms with Crippen molar-refractivity contribution in [1.29, 1.82) is 0 Å². The number of benzene rings is 1. The summed E-state index contributed by atoms with van der Waals surface area (Å²) in [6.45, 7) is 5.69. The van der Waals surface area contributed by atoms with Crippen molar-refractivity contribution in [2.45, 2.75) is 24.5 Å². The zero-order valence-corrected chi connectivity index (χ0v) is 12.0. The fraction of sp³-hybridized carbons (Fsp3) is 0.500. The van der Waals surface area contributed by atoms with E-state index in [0.717, 1.165) is 13.1 Å². The number of carbonyl (C=O) groups is 1. The lowest BCUT2D eigenvalue weighted by Gasteiger charge is -2.24. The Kier molecular flexibility index (Phi) is 4.30. The van der Waals surface area contributed by atoms with Crippen molar-refractivity contribution < 1.29 is 4.79 Å². The smallest absolute Gasteiger partial charge is 0.236 e. The van der Waals surface area contributed by atoms with Crippen LogP contribution in [-0.2, 0) is 4.79 Å². The Labute approximate surface area is 113 Å². The molecule has 1 aliphatic heterocycles. The Hall–Kier alpha value is -1.00. The van der Waals surface area contributed by atoms with E-state index < -0.39 is 0 Å². The van der Waals surface area contributed by atoms with Crippen LogP contribution in [0.5, 0.6) is 0 Å². The van der Waals surface area contributed by atoms with Gasteiger partial charge in [0.15, 0.2) is 0 Å². The molecule has 1 aromatic rings. The number of thioether (sulfide) groups is 1. The molecule has 2 rings (SSSR count). The molecule has 4 heteroatoms. The van der Waals surface area contributed by atoms with Crippen LogP contribution >= 0.6 is 11.8 Å². The number of rotatable bonds is 4. The molecule has 18 heavy (non-hydrogen) atoms. The first-order valence-electron chi connectivity index (χ1n) is 6.30. The number of hydrogen-bond acceptors (Lipinski definition) is 3. The predicted octanol–water partition coefficient (Wildman–Crippen LogP) is 2.18. The van der Waals surface area contributed by atoms with Crippen LogP contribution in [0, 0.1) is 6.92 Å². The molecule has 0 radical (unpaired) electrons. The third-order valence-corrected chi connectivity index (χ3v) is 4.57. The van der Waals surface area contributed by atoms with Crippen molar-refractivity contribution >= 4 is 17.7 Å². The Bertz CT molecular complexity index is 436. The third kappa shape index (κ3) is 2.70. The van der Waals surface area contributed by atoms with E-state index in [1.165, 1.54) is 11.1 Å². The number of hydrogen-bond donors (Lipinski definition) is 1. The summed E-state index contributed by atoms with van der Waals surface area (Å²) >= 11 is 1.74. The third-order valence-electron chi connectivity index (χ3n) is 3.18. The molecule has 3 nitrogen and oxygen atoms in total. The molecule has 1 aliphatic rings. The van der Waals surface area contributed by atoms with E-state index in [2.05, 4.69) is 36.5 Å². The summed E-state index contributed by atoms with van der Waals surface area (Å²) in [7, 11) is 1.92. The van der Waals surface area contributed by atoms with Crippen molar-refractivity contribution in [2.24, 2.45) is 0 Å². The lowest BCUT2D eigenvalue weighted by Crippen LogP contribution is -2.35. The monoisotopic (exact) mass is 264 g/mol. The Morgan fingerprint density at radius 2 is 2.22 bits per heavy atom. The molecular formula is C14H20N2OS. The molecule has 1 aromatic carbocycles. The Morgan fingerprint density at radius 3 is 2.89 bits per heavy atom. The van der Waals surface area contributed by atoms with Gasteiger partial charge in [-0.1, -0.05) is 29.8 Å². The van der Waals surface area contributed by atoms with Gasteiger partial charge in [0.25, 0.3) is 0 Å². The highest BCUT2D eigenvalue weighted by Gasteiger charge is 2.37. The highest BCUT2D eigenvalue weighted by Crippen LogP contribution is 2.42. The van der Waals surface area contributed by atoms with Gasteiger partial charge < -0.3 is 10.2 Å². The average Bonchev–Trinajstić information content (AvgIpc) is 2.64. The summed E-state index contributed by atoms with van der Waals surface area (Å²) < 4.78 is 0. The molecule has 0 aliphatic carbocycles. The zero-order chi connectivity index (χ0) is 13.1. The van der Waals surface area contributed by atoms with Gasteiger partial charge in [-0.15, -0.1) is 11.8 Å². The molecular weight excluding hydrogens is 244 g/mol. The fourth-order valence-electron chi connectivity index (χ4n) is 2.22. The molecule has 1 heterocycles. The second kappa shape index (κ2) is 5.76. The Morgan fingerprint density at radius 1 is 1.44 bits per heavy atom. The summed E-state index contributed by atoms with van der Waals surface area (Å²) in [5.74, 6) is 0.252. The van der Waals surface area contributed by atoms with E-state index in [9.17, 15) is 4.79 Å². The van der Waals surface area contributed by atoms with E-state index >= 15 is 0 Å². The number of carbonyl (C=O) groups excluding carboxylic acids is 1. The van der Waals surface area contributed by atoms with Crippen LogP contribution in [0.1, 0.15) is 23.4 Å². The van der Waals surface area contributed by atoms with Crippen molar-refractivity contribution in [3.8, 4) is 0 Å². The molecule has 0 spiro atoms. The van der Waals surface area contributed by atoms with Crippen LogP contribution < -0.4 is 5.32 Å². The number of aryl methyl sites for hydroxylation is 1. The standard InChI is InChI=1S/C14H20N2OS/c1-10-5-4-6-12(9-10)14-16(8-7-15-3)13(17)11(2)18-14/h4-6,9,11,14-15H,7-8H2,1-3H3/t11-,14-/m1/s1. The van der Waals surface area contributed by atoms with Gasteiger partial charge in [-0.2, -0.15) is 0 Å². The maximum absolute atomic E-state index is 12.2. The molecule has 0 aromatic heterocycles. The maximum atomic E-state index is 12.2. The van der Waals surface area contributed by atoms with Gasteiger partial charge >= 0.3 is 0 Å². The van der Waals surface area contributed by atoms with E-state index in [1.807, 2.05) is 18.9 Å². The first-order chi connectivity index (χ1) is 8.63. The molecule has 1 amide bonds. The van der Waals surface area contributed by atoms with Crippen LogP contribution in [-0.4, -0.2) is 36.2 Å². The largest absolute Gasteiger partial charge is 0.324 e. The predicted molar refractivity (Wildman–Crippen MR) is 76.6 cm³/mol. The second-order valence-corrected chi connectivity index (χ2v) is 6.11. The number of nitrogens with zero attached hydrogens (tertiary/aromatic N) is 1. The van der Waals surface area contributed by atoms with E-state index in [0.29, 0.717) is 0 Å². The van der Waals surface area contributed by atoms with Crippen LogP contribution in [0.15, 0.2) is 24.3 Å². The molecule has 1 fully saturated rings. The van der Waals surface area contributed by atoms with Gasteiger partial charge in [0.1, 0.15) is 5.37 Å². The van der Waals surface area contributed by atoms with Crippen LogP contribution in [0.4, 0.5) is 0 Å². The molecule has 0 unspecified atom stereocenters. The molecule has 2 atom stereocenters. The first kappa shape index (κ1) is 13.4. The number of amides is 1. The number of likely N-dealkylation sites (N-methyl/N-ethyl adjacent to an activating group) is 1. The highest BCUT2D eigenvalue weighted by molar-refractivity contribution is 8.01. The van der Waals surface area contributed by atoms with Crippen molar-refractivity contribution in [1.82, 2.24) is 10.2 Å². The minimum atomic E-state index is 0.0624. The summed E-state index contributed by atoms with van der Waals surface area (Å²) in [6.07, 6.45) is 0. The second-order valence-electron chi connectivity index (χ2n) is 4.68. The lowest BCUT2D eigenvalue weighted by molar-refractivity contribution is -0.129. The zero-order valence-electron chi connectivity index (χ0n) is 11.1. The topological polar surface area (TPSA) is 32.3 Å². The van der Waals surface area contributed by atoms with E-state index in [-0.39, 0.29) is 16.5 Å². The quantitative estimate of drug-likeness (QED) is 0.904. The van der Waals surface area contributed by atoms with Gasteiger partial charge in [-0.05, 0) is 26.5 Å². The summed E-state index contributed by atoms with van der Waals surface area (Å²) in [5, 5.41) is 3.34. The minimum Gasteiger partial charge on any atom is -0.324 e. The van der Waals surface area contributed by atoms with Gasteiger partial charge in [-0.3, -0.25) is 4.79 Å². The average molecular weight is 264 g/mol. The normalized spacial score (nSPS) is 23.7. The van der Waals surface area contributed by atoms with E-state index in [4.69, 9.17) is 0 Å². The highest BCUT2D eigenvalue weighted by atomic mass is 32.2. The van der Waals surface area contributed by atoms with Gasteiger partial charge in [0.05, 0.1) is 5.25 Å². The summed E-state index contributed by atoms with van der Waals surface area (Å²) in [4.78, 5) is 14.1. The molecule has 0 bridgehead atoms.